The average molecular weight is 466 g/mol. The number of hydrogen-bond donors (Lipinski definition) is 3. The highest BCUT2D eigenvalue weighted by molar-refractivity contribution is 7.15. The van der Waals surface area contributed by atoms with Crippen LogP contribution in [0.4, 0.5) is 21.3 Å². The molecular weight excluding hydrogens is 442 g/mol. The Morgan fingerprint density at radius 3 is 2.85 bits per heavy atom. The topological polar surface area (TPSA) is 141 Å². The summed E-state index contributed by atoms with van der Waals surface area (Å²) < 4.78 is 1.47. The Morgan fingerprint density at radius 2 is 2.09 bits per heavy atom. The number of aryl methyl sites for hydroxylation is 1. The molecule has 3 aromatic heterocycles. The Morgan fingerprint density at radius 1 is 1.27 bits per heavy atom. The third-order valence-corrected chi connectivity index (χ3v) is 5.88. The smallest absolute Gasteiger partial charge is 0.325 e. The van der Waals surface area contributed by atoms with Crippen molar-refractivity contribution in [2.24, 2.45) is 7.05 Å². The highest BCUT2D eigenvalue weighted by Crippen LogP contribution is 2.31. The van der Waals surface area contributed by atoms with Gasteiger partial charge in [0.05, 0.1) is 35.4 Å². The summed E-state index contributed by atoms with van der Waals surface area (Å²) in [6.07, 6.45) is 5.56. The number of amides is 3. The van der Waals surface area contributed by atoms with E-state index >= 15 is 0 Å². The van der Waals surface area contributed by atoms with Crippen LogP contribution < -0.4 is 20.9 Å². The lowest BCUT2D eigenvalue weighted by Gasteiger charge is -2.27. The molecule has 0 aromatic carbocycles. The number of urea groups is 1. The van der Waals surface area contributed by atoms with Gasteiger partial charge in [-0.1, -0.05) is 11.3 Å². The van der Waals surface area contributed by atoms with Crippen molar-refractivity contribution in [1.82, 2.24) is 25.1 Å². The summed E-state index contributed by atoms with van der Waals surface area (Å²) in [7, 11) is 1.68. The van der Waals surface area contributed by atoms with Crippen LogP contribution in [0.15, 0.2) is 24.7 Å². The Labute approximate surface area is 194 Å². The monoisotopic (exact) mass is 465 g/mol. The van der Waals surface area contributed by atoms with Crippen molar-refractivity contribution >= 4 is 39.8 Å². The van der Waals surface area contributed by atoms with Crippen LogP contribution >= 0.6 is 11.3 Å². The molecule has 0 saturated carbocycles. The highest BCUT2D eigenvalue weighted by Gasteiger charge is 2.23. The van der Waals surface area contributed by atoms with E-state index < -0.39 is 6.03 Å². The van der Waals surface area contributed by atoms with Gasteiger partial charge in [0, 0.05) is 43.3 Å². The van der Waals surface area contributed by atoms with Gasteiger partial charge in [0.2, 0.25) is 0 Å². The first kappa shape index (κ1) is 22.2. The molecular formula is C21H23N9O2S. The minimum Gasteiger partial charge on any atom is -0.365 e. The van der Waals surface area contributed by atoms with Crippen molar-refractivity contribution in [2.75, 3.05) is 22.1 Å². The van der Waals surface area contributed by atoms with Crippen molar-refractivity contribution in [3.8, 4) is 6.07 Å². The van der Waals surface area contributed by atoms with Gasteiger partial charge in [-0.25, -0.2) is 9.78 Å². The molecule has 0 radical (unpaired) electrons. The molecule has 3 amide bonds. The van der Waals surface area contributed by atoms with Gasteiger partial charge in [-0.15, -0.1) is 0 Å². The largest absolute Gasteiger partial charge is 0.365 e. The quantitative estimate of drug-likeness (QED) is 0.526. The van der Waals surface area contributed by atoms with Gasteiger partial charge in [-0.2, -0.15) is 10.4 Å². The van der Waals surface area contributed by atoms with Gasteiger partial charge in [-0.05, 0) is 19.9 Å². The van der Waals surface area contributed by atoms with Gasteiger partial charge in [0.1, 0.15) is 6.07 Å². The molecule has 0 unspecified atom stereocenters. The molecule has 4 heterocycles. The van der Waals surface area contributed by atoms with Crippen molar-refractivity contribution in [3.63, 3.8) is 0 Å². The summed E-state index contributed by atoms with van der Waals surface area (Å²) in [5.74, 6) is -0.360. The third-order valence-electron chi connectivity index (χ3n) is 4.88. The molecule has 1 aliphatic rings. The van der Waals surface area contributed by atoms with E-state index in [0.29, 0.717) is 29.3 Å². The Kier molecular flexibility index (Phi) is 6.23. The zero-order valence-electron chi connectivity index (χ0n) is 18.4. The second kappa shape index (κ2) is 9.25. The maximum atomic E-state index is 12.6. The van der Waals surface area contributed by atoms with E-state index in [1.54, 1.807) is 19.4 Å². The number of nitriles is 1. The second-order valence-corrected chi connectivity index (χ2v) is 8.96. The van der Waals surface area contributed by atoms with E-state index in [4.69, 9.17) is 5.26 Å². The number of thiazole rings is 1. The number of aromatic nitrogens is 4. The van der Waals surface area contributed by atoms with E-state index in [9.17, 15) is 9.59 Å². The standard InChI is InChI=1S/C21H23N9O2S/c1-12(2)24-19(31)18-16(10-29(3)28-18)25-20(32)27-21-26-15-4-5-30(11-17(15)33-21)14-6-13(7-22)8-23-9-14/h6,8-10,12H,4-5,11H2,1-3H3,(H,24,31)(H2,25,26,27,32). The number of anilines is 3. The van der Waals surface area contributed by atoms with Crippen LogP contribution in [0.3, 0.4) is 0 Å². The molecule has 3 aromatic rings. The number of fused-ring (bicyclic) bond motifs is 1. The van der Waals surface area contributed by atoms with Gasteiger partial charge in [0.15, 0.2) is 10.8 Å². The lowest BCUT2D eigenvalue weighted by Crippen LogP contribution is -2.31. The van der Waals surface area contributed by atoms with Crippen LogP contribution in [0, 0.1) is 11.3 Å². The number of hydrogen-bond acceptors (Lipinski definition) is 8. The van der Waals surface area contributed by atoms with E-state index in [1.165, 1.54) is 22.2 Å². The minimum atomic E-state index is -0.504. The summed E-state index contributed by atoms with van der Waals surface area (Å²) in [4.78, 5) is 36.8. The van der Waals surface area contributed by atoms with Crippen molar-refractivity contribution in [1.29, 1.82) is 5.26 Å². The fraction of sp³-hybridized carbons (Fsp3) is 0.333. The van der Waals surface area contributed by atoms with Crippen LogP contribution in [0.1, 0.15) is 40.5 Å². The normalized spacial score (nSPS) is 12.8. The molecule has 0 atom stereocenters. The van der Waals surface area contributed by atoms with E-state index in [2.05, 4.69) is 42.0 Å². The lowest BCUT2D eigenvalue weighted by molar-refractivity contribution is 0.0938. The molecule has 1 aliphatic heterocycles. The summed E-state index contributed by atoms with van der Waals surface area (Å²) >= 11 is 1.40. The molecule has 4 rings (SSSR count). The molecule has 3 N–H and O–H groups in total. The number of carbonyl (C=O) groups excluding carboxylic acids is 2. The van der Waals surface area contributed by atoms with Crippen LogP contribution in [-0.2, 0) is 20.0 Å². The first-order chi connectivity index (χ1) is 15.8. The first-order valence-electron chi connectivity index (χ1n) is 10.3. The molecule has 0 fully saturated rings. The molecule has 0 saturated heterocycles. The molecule has 0 spiro atoms. The summed E-state index contributed by atoms with van der Waals surface area (Å²) in [6, 6.07) is 3.36. The van der Waals surface area contributed by atoms with Gasteiger partial charge in [0.25, 0.3) is 5.91 Å². The fourth-order valence-electron chi connectivity index (χ4n) is 3.46. The fourth-order valence-corrected chi connectivity index (χ4v) is 4.48. The van der Waals surface area contributed by atoms with Gasteiger partial charge in [-0.3, -0.25) is 19.8 Å². The molecule has 33 heavy (non-hydrogen) atoms. The van der Waals surface area contributed by atoms with Gasteiger partial charge >= 0.3 is 6.03 Å². The van der Waals surface area contributed by atoms with Crippen LogP contribution in [0.5, 0.6) is 0 Å². The summed E-state index contributed by atoms with van der Waals surface area (Å²) in [5.41, 5.74) is 2.78. The predicted molar refractivity (Wildman–Crippen MR) is 124 cm³/mol. The molecule has 11 nitrogen and oxygen atoms in total. The zero-order chi connectivity index (χ0) is 23.5. The minimum absolute atomic E-state index is 0.0551. The third kappa shape index (κ3) is 5.09. The van der Waals surface area contributed by atoms with E-state index in [0.717, 1.165) is 22.8 Å². The number of rotatable bonds is 5. The SMILES string of the molecule is CC(C)NC(=O)c1nn(C)cc1NC(=O)Nc1nc2c(s1)CN(c1cncc(C#N)c1)CC2. The van der Waals surface area contributed by atoms with Gasteiger partial charge < -0.3 is 15.5 Å². The van der Waals surface area contributed by atoms with Crippen LogP contribution in [0.25, 0.3) is 0 Å². The van der Waals surface area contributed by atoms with Crippen LogP contribution in [-0.4, -0.2) is 44.3 Å². The number of carbonyl (C=O) groups is 2. The van der Waals surface area contributed by atoms with E-state index in [-0.39, 0.29) is 17.6 Å². The Hall–Kier alpha value is -3.98. The second-order valence-electron chi connectivity index (χ2n) is 7.88. The molecule has 170 valence electrons. The Bertz CT molecular complexity index is 1240. The number of nitrogens with one attached hydrogen (secondary N) is 3. The summed E-state index contributed by atoms with van der Waals surface area (Å²) in [6.45, 7) is 5.06. The first-order valence-corrected chi connectivity index (χ1v) is 11.1. The number of nitrogens with zero attached hydrogens (tertiary/aromatic N) is 6. The molecule has 0 bridgehead atoms. The number of pyridine rings is 1. The maximum Gasteiger partial charge on any atom is 0.325 e. The average Bonchev–Trinajstić information content (AvgIpc) is 3.34. The molecule has 0 aliphatic carbocycles. The molecule has 12 heteroatoms. The zero-order valence-corrected chi connectivity index (χ0v) is 19.2. The van der Waals surface area contributed by atoms with Crippen LogP contribution in [0.2, 0.25) is 0 Å². The predicted octanol–water partition coefficient (Wildman–Crippen LogP) is 2.49. The maximum absolute atomic E-state index is 12.6. The van der Waals surface area contributed by atoms with E-state index in [1.807, 2.05) is 19.9 Å². The Balaban J connectivity index is 1.43. The van der Waals surface area contributed by atoms with Crippen molar-refractivity contribution < 1.29 is 9.59 Å². The van der Waals surface area contributed by atoms with Crippen molar-refractivity contribution in [3.05, 3.63) is 46.5 Å². The highest BCUT2D eigenvalue weighted by atomic mass is 32.1. The lowest BCUT2D eigenvalue weighted by atomic mass is 10.1. The summed E-state index contributed by atoms with van der Waals surface area (Å²) in [5, 5.41) is 21.9. The van der Waals surface area contributed by atoms with Crippen molar-refractivity contribution in [2.45, 2.75) is 32.9 Å².